The van der Waals surface area contributed by atoms with Gasteiger partial charge in [0.15, 0.2) is 5.76 Å². The average molecular weight is 305 g/mol. The third kappa shape index (κ3) is 2.32. The van der Waals surface area contributed by atoms with E-state index in [1.807, 2.05) is 43.3 Å². The molecule has 0 saturated carbocycles. The number of nitrogens with zero attached hydrogens (tertiary/aromatic N) is 1. The number of carbonyl (C=O) groups excluding carboxylic acids is 1. The fourth-order valence-electron chi connectivity index (χ4n) is 3.04. The van der Waals surface area contributed by atoms with Crippen LogP contribution in [0.4, 0.5) is 0 Å². The Balaban J connectivity index is 1.71. The first kappa shape index (κ1) is 13.8. The molecule has 4 heteroatoms. The highest BCUT2D eigenvalue weighted by Crippen LogP contribution is 2.24. The van der Waals surface area contributed by atoms with Gasteiger partial charge >= 0.3 is 5.63 Å². The van der Waals surface area contributed by atoms with Crippen LogP contribution in [0, 0.1) is 6.92 Å². The van der Waals surface area contributed by atoms with Crippen molar-refractivity contribution in [1.82, 2.24) is 4.90 Å². The van der Waals surface area contributed by atoms with Gasteiger partial charge in [-0.1, -0.05) is 42.0 Å². The first-order valence-corrected chi connectivity index (χ1v) is 7.52. The number of benzene rings is 2. The third-order valence-electron chi connectivity index (χ3n) is 4.26. The van der Waals surface area contributed by atoms with Crippen molar-refractivity contribution in [2.45, 2.75) is 20.0 Å². The maximum absolute atomic E-state index is 12.7. The molecule has 0 unspecified atom stereocenters. The SMILES string of the molecule is Cc1ccc2cc(C(=O)N3Cc4ccccc4C3)oc(=O)c2c1. The zero-order valence-corrected chi connectivity index (χ0v) is 12.7. The molecular weight excluding hydrogens is 290 g/mol. The number of aryl methyl sites for hydroxylation is 1. The second-order valence-corrected chi connectivity index (χ2v) is 5.92. The quantitative estimate of drug-likeness (QED) is 0.693. The molecule has 2 aromatic carbocycles. The van der Waals surface area contributed by atoms with Crippen molar-refractivity contribution in [3.63, 3.8) is 0 Å². The van der Waals surface area contributed by atoms with E-state index in [1.165, 1.54) is 0 Å². The van der Waals surface area contributed by atoms with E-state index in [2.05, 4.69) is 0 Å². The normalized spacial score (nSPS) is 13.3. The summed E-state index contributed by atoms with van der Waals surface area (Å²) >= 11 is 0. The van der Waals surface area contributed by atoms with Gasteiger partial charge in [0, 0.05) is 13.1 Å². The van der Waals surface area contributed by atoms with Crippen molar-refractivity contribution in [2.24, 2.45) is 0 Å². The third-order valence-corrected chi connectivity index (χ3v) is 4.26. The summed E-state index contributed by atoms with van der Waals surface area (Å²) in [6.07, 6.45) is 0. The van der Waals surface area contributed by atoms with Gasteiger partial charge < -0.3 is 9.32 Å². The van der Waals surface area contributed by atoms with Crippen LogP contribution >= 0.6 is 0 Å². The van der Waals surface area contributed by atoms with Gasteiger partial charge in [-0.3, -0.25) is 4.79 Å². The highest BCUT2D eigenvalue weighted by atomic mass is 16.4. The Hall–Kier alpha value is -2.88. The minimum atomic E-state index is -0.466. The number of carbonyl (C=O) groups is 1. The van der Waals surface area contributed by atoms with Crippen LogP contribution in [0.25, 0.3) is 10.8 Å². The highest BCUT2D eigenvalue weighted by Gasteiger charge is 2.26. The molecule has 1 aliphatic heterocycles. The van der Waals surface area contributed by atoms with Crippen molar-refractivity contribution < 1.29 is 9.21 Å². The molecule has 0 aliphatic carbocycles. The fourth-order valence-corrected chi connectivity index (χ4v) is 3.04. The predicted molar refractivity (Wildman–Crippen MR) is 87.2 cm³/mol. The molecule has 0 bridgehead atoms. The Kier molecular flexibility index (Phi) is 3.05. The Bertz CT molecular complexity index is 962. The van der Waals surface area contributed by atoms with Crippen LogP contribution in [0.2, 0.25) is 0 Å². The molecule has 3 aromatic rings. The van der Waals surface area contributed by atoms with Gasteiger partial charge in [0.1, 0.15) is 0 Å². The molecule has 0 N–H and O–H groups in total. The lowest BCUT2D eigenvalue weighted by molar-refractivity contribution is 0.0715. The molecule has 0 fully saturated rings. The zero-order chi connectivity index (χ0) is 16.0. The monoisotopic (exact) mass is 305 g/mol. The summed E-state index contributed by atoms with van der Waals surface area (Å²) in [5, 5.41) is 1.23. The Morgan fingerprint density at radius 1 is 1.04 bits per heavy atom. The van der Waals surface area contributed by atoms with E-state index in [-0.39, 0.29) is 11.7 Å². The molecule has 1 amide bonds. The summed E-state index contributed by atoms with van der Waals surface area (Å²) in [6.45, 7) is 3.01. The highest BCUT2D eigenvalue weighted by molar-refractivity contribution is 5.95. The van der Waals surface area contributed by atoms with Crippen LogP contribution in [0.5, 0.6) is 0 Å². The molecule has 1 aliphatic rings. The average Bonchev–Trinajstić information content (AvgIpc) is 2.98. The van der Waals surface area contributed by atoms with Gasteiger partial charge in [-0.2, -0.15) is 0 Å². The Labute approximate surface area is 133 Å². The largest absolute Gasteiger partial charge is 0.417 e. The van der Waals surface area contributed by atoms with Crippen LogP contribution in [-0.2, 0) is 13.1 Å². The minimum absolute atomic E-state index is 0.0964. The van der Waals surface area contributed by atoms with Crippen LogP contribution in [0.15, 0.2) is 57.7 Å². The molecule has 4 nitrogen and oxygen atoms in total. The van der Waals surface area contributed by atoms with Crippen LogP contribution in [-0.4, -0.2) is 10.8 Å². The molecular formula is C19H15NO3. The lowest BCUT2D eigenvalue weighted by Crippen LogP contribution is -2.26. The number of amides is 1. The van der Waals surface area contributed by atoms with Gasteiger partial charge in [0.25, 0.3) is 5.91 Å². The standard InChI is InChI=1S/C19H15NO3/c1-12-6-7-13-9-17(23-19(22)16(13)8-12)18(21)20-10-14-4-2-3-5-15(14)11-20/h2-9H,10-11H2,1H3. The summed E-state index contributed by atoms with van der Waals surface area (Å²) in [6, 6.07) is 15.2. The van der Waals surface area contributed by atoms with Crippen molar-refractivity contribution >= 4 is 16.7 Å². The lowest BCUT2D eigenvalue weighted by Gasteiger charge is -2.14. The van der Waals surface area contributed by atoms with E-state index in [0.29, 0.717) is 18.5 Å². The number of rotatable bonds is 1. The lowest BCUT2D eigenvalue weighted by atomic mass is 10.1. The van der Waals surface area contributed by atoms with Crippen LogP contribution in [0.1, 0.15) is 27.2 Å². The van der Waals surface area contributed by atoms with E-state index >= 15 is 0 Å². The first-order valence-electron chi connectivity index (χ1n) is 7.52. The summed E-state index contributed by atoms with van der Waals surface area (Å²) in [5.41, 5.74) is 2.80. The molecule has 1 aromatic heterocycles. The summed E-state index contributed by atoms with van der Waals surface area (Å²) in [4.78, 5) is 26.5. The van der Waals surface area contributed by atoms with Gasteiger partial charge in [-0.25, -0.2) is 4.79 Å². The van der Waals surface area contributed by atoms with Gasteiger partial charge in [0.2, 0.25) is 0 Å². The summed E-state index contributed by atoms with van der Waals surface area (Å²) in [7, 11) is 0. The first-order chi connectivity index (χ1) is 11.1. The van der Waals surface area contributed by atoms with E-state index in [0.717, 1.165) is 22.1 Å². The molecule has 2 heterocycles. The van der Waals surface area contributed by atoms with Gasteiger partial charge in [0.05, 0.1) is 5.39 Å². The van der Waals surface area contributed by atoms with E-state index in [1.54, 1.807) is 17.0 Å². The van der Waals surface area contributed by atoms with Gasteiger partial charge in [-0.05, 0) is 35.6 Å². The maximum Gasteiger partial charge on any atom is 0.344 e. The summed E-state index contributed by atoms with van der Waals surface area (Å²) in [5.74, 6) is -0.153. The van der Waals surface area contributed by atoms with Crippen molar-refractivity contribution in [2.75, 3.05) is 0 Å². The van der Waals surface area contributed by atoms with Crippen LogP contribution in [0.3, 0.4) is 0 Å². The molecule has 0 saturated heterocycles. The minimum Gasteiger partial charge on any atom is -0.417 e. The van der Waals surface area contributed by atoms with Gasteiger partial charge in [-0.15, -0.1) is 0 Å². The van der Waals surface area contributed by atoms with Crippen molar-refractivity contribution in [3.05, 3.63) is 81.4 Å². The van der Waals surface area contributed by atoms with E-state index < -0.39 is 5.63 Å². The second kappa shape index (κ2) is 5.09. The molecule has 0 radical (unpaired) electrons. The smallest absolute Gasteiger partial charge is 0.344 e. The Morgan fingerprint density at radius 2 is 1.74 bits per heavy atom. The van der Waals surface area contributed by atoms with E-state index in [4.69, 9.17) is 4.42 Å². The topological polar surface area (TPSA) is 50.5 Å². The maximum atomic E-state index is 12.7. The number of hydrogen-bond donors (Lipinski definition) is 0. The van der Waals surface area contributed by atoms with Crippen molar-refractivity contribution in [1.29, 1.82) is 0 Å². The number of hydrogen-bond acceptors (Lipinski definition) is 3. The fraction of sp³-hybridized carbons (Fsp3) is 0.158. The van der Waals surface area contributed by atoms with E-state index in [9.17, 15) is 9.59 Å². The van der Waals surface area contributed by atoms with Crippen molar-refractivity contribution in [3.8, 4) is 0 Å². The molecule has 114 valence electrons. The predicted octanol–water partition coefficient (Wildman–Crippen LogP) is 3.26. The van der Waals surface area contributed by atoms with Crippen LogP contribution < -0.4 is 5.63 Å². The molecule has 23 heavy (non-hydrogen) atoms. The zero-order valence-electron chi connectivity index (χ0n) is 12.7. The summed E-state index contributed by atoms with van der Waals surface area (Å²) < 4.78 is 5.27. The Morgan fingerprint density at radius 3 is 2.43 bits per heavy atom. The molecule has 0 spiro atoms. The molecule has 4 rings (SSSR count). The molecule has 0 atom stereocenters. The number of fused-ring (bicyclic) bond motifs is 2. The second-order valence-electron chi connectivity index (χ2n) is 5.92.